The van der Waals surface area contributed by atoms with Crippen LogP contribution >= 0.6 is 34.8 Å². The van der Waals surface area contributed by atoms with E-state index in [1.807, 2.05) is 0 Å². The van der Waals surface area contributed by atoms with Crippen LogP contribution in [0.15, 0.2) is 36.4 Å². The quantitative estimate of drug-likeness (QED) is 0.835. The molecule has 0 aliphatic carbocycles. The van der Waals surface area contributed by atoms with Gasteiger partial charge in [0.25, 0.3) is 5.91 Å². The normalized spacial score (nSPS) is 16.8. The van der Waals surface area contributed by atoms with E-state index in [1.54, 1.807) is 36.4 Å². The van der Waals surface area contributed by atoms with E-state index < -0.39 is 6.04 Å². The lowest BCUT2D eigenvalue weighted by atomic mass is 10.1. The van der Waals surface area contributed by atoms with Crippen LogP contribution in [0.25, 0.3) is 0 Å². The molecule has 1 aliphatic rings. The molecule has 1 heterocycles. The summed E-state index contributed by atoms with van der Waals surface area (Å²) in [6.45, 7) is 0. The van der Waals surface area contributed by atoms with Crippen LogP contribution in [0.3, 0.4) is 0 Å². The molecule has 1 unspecified atom stereocenters. The maximum atomic E-state index is 12.0. The first-order valence-corrected chi connectivity index (χ1v) is 7.00. The highest BCUT2D eigenvalue weighted by Crippen LogP contribution is 2.36. The Morgan fingerprint density at radius 3 is 2.45 bits per heavy atom. The molecule has 3 rings (SSSR count). The van der Waals surface area contributed by atoms with Gasteiger partial charge in [-0.05, 0) is 36.4 Å². The van der Waals surface area contributed by atoms with Gasteiger partial charge < -0.3 is 10.6 Å². The molecule has 0 saturated heterocycles. The second-order valence-corrected chi connectivity index (χ2v) is 5.70. The molecule has 1 atom stereocenters. The molecule has 20 heavy (non-hydrogen) atoms. The smallest absolute Gasteiger partial charge is 0.251 e. The SMILES string of the molecule is O=C1Nc2ccc(Cl)cc2C1Nc1ccc(Cl)cc1Cl. The fourth-order valence-corrected chi connectivity index (χ4v) is 2.78. The predicted octanol–water partition coefficient (Wildman–Crippen LogP) is 4.75. The lowest BCUT2D eigenvalue weighted by Gasteiger charge is -2.14. The Morgan fingerprint density at radius 1 is 1.00 bits per heavy atom. The van der Waals surface area contributed by atoms with Crippen LogP contribution in [0.5, 0.6) is 0 Å². The van der Waals surface area contributed by atoms with Gasteiger partial charge in [0.1, 0.15) is 6.04 Å². The third-order valence-corrected chi connectivity index (χ3v) is 3.86. The summed E-state index contributed by atoms with van der Waals surface area (Å²) in [6, 6.07) is 9.82. The van der Waals surface area contributed by atoms with Gasteiger partial charge in [-0.25, -0.2) is 0 Å². The Morgan fingerprint density at radius 2 is 1.70 bits per heavy atom. The van der Waals surface area contributed by atoms with Gasteiger partial charge in [0, 0.05) is 21.3 Å². The topological polar surface area (TPSA) is 41.1 Å². The summed E-state index contributed by atoms with van der Waals surface area (Å²) in [5.74, 6) is -0.145. The fraction of sp³-hybridized carbons (Fsp3) is 0.0714. The van der Waals surface area contributed by atoms with Crippen LogP contribution in [-0.4, -0.2) is 5.91 Å². The number of halogens is 3. The third kappa shape index (κ3) is 2.44. The van der Waals surface area contributed by atoms with Crippen molar-refractivity contribution in [2.75, 3.05) is 10.6 Å². The number of benzene rings is 2. The van der Waals surface area contributed by atoms with E-state index in [9.17, 15) is 4.79 Å². The number of nitrogens with one attached hydrogen (secondary N) is 2. The van der Waals surface area contributed by atoms with Crippen molar-refractivity contribution in [3.05, 3.63) is 57.0 Å². The Labute approximate surface area is 130 Å². The molecule has 3 nitrogen and oxygen atoms in total. The summed E-state index contributed by atoms with van der Waals surface area (Å²) >= 11 is 17.9. The largest absolute Gasteiger partial charge is 0.369 e. The van der Waals surface area contributed by atoms with Crippen LogP contribution in [0.2, 0.25) is 15.1 Å². The lowest BCUT2D eigenvalue weighted by Crippen LogP contribution is -2.19. The Kier molecular flexibility index (Phi) is 3.50. The first-order chi connectivity index (χ1) is 9.54. The highest BCUT2D eigenvalue weighted by Gasteiger charge is 2.30. The first kappa shape index (κ1) is 13.6. The standard InChI is InChI=1S/C14H9Cl3N2O/c15-7-1-3-11-9(5-7)13(14(20)19-11)18-12-4-2-8(16)6-10(12)17/h1-6,13,18H,(H,19,20). The van der Waals surface area contributed by atoms with E-state index >= 15 is 0 Å². The maximum absolute atomic E-state index is 12.0. The van der Waals surface area contributed by atoms with Gasteiger partial charge in [-0.1, -0.05) is 34.8 Å². The molecule has 2 aromatic rings. The van der Waals surface area contributed by atoms with Gasteiger partial charge in [0.2, 0.25) is 0 Å². The van der Waals surface area contributed by atoms with Gasteiger partial charge in [0.15, 0.2) is 0 Å². The molecular formula is C14H9Cl3N2O. The highest BCUT2D eigenvalue weighted by atomic mass is 35.5. The van der Waals surface area contributed by atoms with Crippen molar-refractivity contribution in [1.29, 1.82) is 0 Å². The molecule has 0 radical (unpaired) electrons. The average Bonchev–Trinajstić information content (AvgIpc) is 2.69. The van der Waals surface area contributed by atoms with Crippen molar-refractivity contribution in [2.24, 2.45) is 0 Å². The molecule has 0 spiro atoms. The van der Waals surface area contributed by atoms with E-state index in [2.05, 4.69) is 10.6 Å². The molecule has 2 aromatic carbocycles. The number of amides is 1. The maximum Gasteiger partial charge on any atom is 0.251 e. The number of rotatable bonds is 2. The number of hydrogen-bond acceptors (Lipinski definition) is 2. The number of hydrogen-bond donors (Lipinski definition) is 2. The van der Waals surface area contributed by atoms with Gasteiger partial charge in [-0.3, -0.25) is 4.79 Å². The zero-order valence-electron chi connectivity index (χ0n) is 10.1. The van der Waals surface area contributed by atoms with Crippen molar-refractivity contribution >= 4 is 52.1 Å². The monoisotopic (exact) mass is 326 g/mol. The van der Waals surface area contributed by atoms with Crippen molar-refractivity contribution in [1.82, 2.24) is 0 Å². The number of anilines is 2. The van der Waals surface area contributed by atoms with Crippen molar-refractivity contribution in [3.63, 3.8) is 0 Å². The molecule has 6 heteroatoms. The molecule has 1 aliphatic heterocycles. The zero-order valence-corrected chi connectivity index (χ0v) is 12.4. The van der Waals surface area contributed by atoms with Crippen molar-refractivity contribution in [2.45, 2.75) is 6.04 Å². The van der Waals surface area contributed by atoms with Crippen LogP contribution in [-0.2, 0) is 4.79 Å². The van der Waals surface area contributed by atoms with E-state index in [-0.39, 0.29) is 5.91 Å². The first-order valence-electron chi connectivity index (χ1n) is 5.86. The minimum Gasteiger partial charge on any atom is -0.369 e. The van der Waals surface area contributed by atoms with Gasteiger partial charge >= 0.3 is 0 Å². The lowest BCUT2D eigenvalue weighted by molar-refractivity contribution is -0.116. The van der Waals surface area contributed by atoms with Crippen LogP contribution < -0.4 is 10.6 Å². The van der Waals surface area contributed by atoms with Crippen LogP contribution in [0, 0.1) is 0 Å². The summed E-state index contributed by atoms with van der Waals surface area (Å²) < 4.78 is 0. The van der Waals surface area contributed by atoms with Crippen LogP contribution in [0.4, 0.5) is 11.4 Å². The Bertz CT molecular complexity index is 703. The summed E-state index contributed by atoms with van der Waals surface area (Å²) in [6.07, 6.45) is 0. The minimum atomic E-state index is -0.526. The van der Waals surface area contributed by atoms with E-state index in [4.69, 9.17) is 34.8 Å². The predicted molar refractivity (Wildman–Crippen MR) is 82.9 cm³/mol. The summed E-state index contributed by atoms with van der Waals surface area (Å²) in [5.41, 5.74) is 2.19. The van der Waals surface area contributed by atoms with Crippen molar-refractivity contribution < 1.29 is 4.79 Å². The number of carbonyl (C=O) groups is 1. The highest BCUT2D eigenvalue weighted by molar-refractivity contribution is 6.36. The van der Waals surface area contributed by atoms with E-state index in [0.29, 0.717) is 20.8 Å². The van der Waals surface area contributed by atoms with E-state index in [1.165, 1.54) is 0 Å². The molecule has 0 aromatic heterocycles. The minimum absolute atomic E-state index is 0.145. The van der Waals surface area contributed by atoms with Crippen molar-refractivity contribution in [3.8, 4) is 0 Å². The Hall–Kier alpha value is -1.42. The Balaban J connectivity index is 1.95. The molecule has 2 N–H and O–H groups in total. The second-order valence-electron chi connectivity index (χ2n) is 4.42. The van der Waals surface area contributed by atoms with Crippen LogP contribution in [0.1, 0.15) is 11.6 Å². The van der Waals surface area contributed by atoms with Gasteiger partial charge in [-0.2, -0.15) is 0 Å². The van der Waals surface area contributed by atoms with E-state index in [0.717, 1.165) is 11.3 Å². The number of fused-ring (bicyclic) bond motifs is 1. The summed E-state index contributed by atoms with van der Waals surface area (Å²) in [4.78, 5) is 12.0. The molecule has 0 fully saturated rings. The molecular weight excluding hydrogens is 319 g/mol. The van der Waals surface area contributed by atoms with Gasteiger partial charge in [-0.15, -0.1) is 0 Å². The van der Waals surface area contributed by atoms with Gasteiger partial charge in [0.05, 0.1) is 10.7 Å². The average molecular weight is 328 g/mol. The molecule has 0 saturated carbocycles. The summed E-state index contributed by atoms with van der Waals surface area (Å²) in [7, 11) is 0. The second kappa shape index (κ2) is 5.17. The number of carbonyl (C=O) groups excluding carboxylic acids is 1. The zero-order chi connectivity index (χ0) is 14.3. The fourth-order valence-electron chi connectivity index (χ4n) is 2.14. The molecule has 1 amide bonds. The summed E-state index contributed by atoms with van der Waals surface area (Å²) in [5, 5.41) is 7.48. The molecule has 0 bridgehead atoms. The third-order valence-electron chi connectivity index (χ3n) is 3.08. The molecule has 102 valence electrons.